The predicted molar refractivity (Wildman–Crippen MR) is 125 cm³/mol. The van der Waals surface area contributed by atoms with Crippen molar-refractivity contribution in [1.29, 1.82) is 0 Å². The molecule has 0 amide bonds. The normalized spacial score (nSPS) is 11.5. The van der Waals surface area contributed by atoms with Crippen molar-refractivity contribution in [3.05, 3.63) is 52.9 Å². The maximum absolute atomic E-state index is 13.1. The van der Waals surface area contributed by atoms with Crippen LogP contribution in [-0.4, -0.2) is 39.6 Å². The molecule has 1 aromatic carbocycles. The Morgan fingerprint density at radius 2 is 1.83 bits per heavy atom. The molecule has 0 fully saturated rings. The van der Waals surface area contributed by atoms with Gasteiger partial charge in [0.05, 0.1) is 42.0 Å². The first kappa shape index (κ1) is 24.3. The highest BCUT2D eigenvalue weighted by atomic mass is 32.1. The number of ether oxygens (including phenoxy) is 3. The molecule has 0 unspecified atom stereocenters. The van der Waals surface area contributed by atoms with E-state index in [1.165, 1.54) is 18.6 Å². The fourth-order valence-corrected chi connectivity index (χ4v) is 3.74. The maximum Gasteiger partial charge on any atom is 0.416 e. The summed E-state index contributed by atoms with van der Waals surface area (Å²) in [5.74, 6) is 2.20. The van der Waals surface area contributed by atoms with Gasteiger partial charge in [0, 0.05) is 11.5 Å². The van der Waals surface area contributed by atoms with Crippen LogP contribution in [-0.2, 0) is 12.7 Å². The van der Waals surface area contributed by atoms with E-state index < -0.39 is 11.7 Å². The van der Waals surface area contributed by atoms with Gasteiger partial charge in [-0.3, -0.25) is 0 Å². The van der Waals surface area contributed by atoms with E-state index in [2.05, 4.69) is 24.6 Å². The van der Waals surface area contributed by atoms with Gasteiger partial charge in [-0.05, 0) is 36.7 Å². The lowest BCUT2D eigenvalue weighted by Gasteiger charge is -2.15. The van der Waals surface area contributed by atoms with Crippen molar-refractivity contribution in [2.75, 3.05) is 31.4 Å². The maximum atomic E-state index is 13.1. The van der Waals surface area contributed by atoms with Crippen LogP contribution in [0.2, 0.25) is 0 Å². The number of fused-ring (bicyclic) bond motifs is 1. The Hall–Kier alpha value is -3.87. The highest BCUT2D eigenvalue weighted by molar-refractivity contribution is 7.03. The smallest absolute Gasteiger partial charge is 0.416 e. The summed E-state index contributed by atoms with van der Waals surface area (Å²) in [5.41, 5.74) is 5.39. The number of benzene rings is 1. The summed E-state index contributed by atoms with van der Waals surface area (Å²) in [7, 11) is 1.51. The minimum absolute atomic E-state index is 0.0373. The SMILES string of the molecule is COc1cc2nc(C)nc(NCc3cc(C(F)(F)F)cc(N)n3)c2cc1OCCOc1cnsc1. The number of nitrogen functional groups attached to an aromatic ring is 1. The van der Waals surface area contributed by atoms with Crippen LogP contribution in [0.25, 0.3) is 10.9 Å². The Bertz CT molecular complexity index is 1320. The molecule has 0 spiro atoms. The molecule has 0 aliphatic carbocycles. The molecule has 0 atom stereocenters. The van der Waals surface area contributed by atoms with Crippen LogP contribution in [0.1, 0.15) is 17.1 Å². The number of aromatic nitrogens is 4. The molecule has 184 valence electrons. The predicted octanol–water partition coefficient (Wildman–Crippen LogP) is 4.47. The first-order valence-corrected chi connectivity index (χ1v) is 11.2. The third-order valence-electron chi connectivity index (χ3n) is 4.77. The zero-order chi connectivity index (χ0) is 25.0. The molecule has 9 nitrogen and oxygen atoms in total. The van der Waals surface area contributed by atoms with E-state index in [1.54, 1.807) is 30.6 Å². The molecule has 13 heteroatoms. The number of pyridine rings is 1. The van der Waals surface area contributed by atoms with Gasteiger partial charge in [-0.2, -0.15) is 17.5 Å². The lowest BCUT2D eigenvalue weighted by molar-refractivity contribution is -0.137. The van der Waals surface area contributed by atoms with Crippen molar-refractivity contribution in [2.45, 2.75) is 19.6 Å². The van der Waals surface area contributed by atoms with Gasteiger partial charge in [-0.15, -0.1) is 0 Å². The van der Waals surface area contributed by atoms with E-state index in [-0.39, 0.29) is 31.3 Å². The van der Waals surface area contributed by atoms with E-state index in [4.69, 9.17) is 19.9 Å². The Balaban J connectivity index is 1.56. The van der Waals surface area contributed by atoms with Crippen molar-refractivity contribution in [3.63, 3.8) is 0 Å². The monoisotopic (exact) mass is 506 g/mol. The number of nitrogens with zero attached hydrogens (tertiary/aromatic N) is 4. The van der Waals surface area contributed by atoms with Crippen LogP contribution < -0.4 is 25.3 Å². The minimum atomic E-state index is -4.53. The molecule has 4 rings (SSSR count). The quantitative estimate of drug-likeness (QED) is 0.317. The number of hydrogen-bond donors (Lipinski definition) is 2. The van der Waals surface area contributed by atoms with Gasteiger partial charge < -0.3 is 25.3 Å². The van der Waals surface area contributed by atoms with E-state index in [9.17, 15) is 13.2 Å². The number of methoxy groups -OCH3 is 1. The van der Waals surface area contributed by atoms with Crippen molar-refractivity contribution in [3.8, 4) is 17.2 Å². The number of alkyl halides is 3. The third kappa shape index (κ3) is 5.98. The van der Waals surface area contributed by atoms with Crippen LogP contribution >= 0.6 is 11.5 Å². The van der Waals surface area contributed by atoms with Gasteiger partial charge in [-0.1, -0.05) is 0 Å². The molecule has 3 N–H and O–H groups in total. The van der Waals surface area contributed by atoms with Gasteiger partial charge in [-0.25, -0.2) is 15.0 Å². The van der Waals surface area contributed by atoms with Gasteiger partial charge in [0.2, 0.25) is 0 Å². The number of nitrogens with one attached hydrogen (secondary N) is 1. The summed E-state index contributed by atoms with van der Waals surface area (Å²) < 4.78 is 60.2. The van der Waals surface area contributed by atoms with Gasteiger partial charge >= 0.3 is 6.18 Å². The van der Waals surface area contributed by atoms with Crippen LogP contribution in [0.5, 0.6) is 17.2 Å². The molecule has 3 aromatic heterocycles. The Morgan fingerprint density at radius 1 is 1.03 bits per heavy atom. The molecule has 0 radical (unpaired) electrons. The molecule has 0 aliphatic rings. The van der Waals surface area contributed by atoms with E-state index in [0.29, 0.717) is 39.8 Å². The number of rotatable bonds is 9. The highest BCUT2D eigenvalue weighted by Crippen LogP contribution is 2.35. The number of anilines is 2. The Labute approximate surface area is 202 Å². The molecule has 35 heavy (non-hydrogen) atoms. The van der Waals surface area contributed by atoms with Crippen LogP contribution in [0.4, 0.5) is 24.8 Å². The summed E-state index contributed by atoms with van der Waals surface area (Å²) >= 11 is 1.29. The van der Waals surface area contributed by atoms with Gasteiger partial charge in [0.1, 0.15) is 36.4 Å². The summed E-state index contributed by atoms with van der Waals surface area (Å²) in [6, 6.07) is 5.15. The molecule has 0 aliphatic heterocycles. The number of aryl methyl sites for hydroxylation is 1. The number of hydrogen-bond acceptors (Lipinski definition) is 10. The molecule has 0 saturated heterocycles. The lowest BCUT2D eigenvalue weighted by Crippen LogP contribution is -2.11. The first-order chi connectivity index (χ1) is 16.7. The Morgan fingerprint density at radius 3 is 2.54 bits per heavy atom. The van der Waals surface area contributed by atoms with E-state index in [0.717, 1.165) is 12.1 Å². The van der Waals surface area contributed by atoms with E-state index >= 15 is 0 Å². The average molecular weight is 507 g/mol. The third-order valence-corrected chi connectivity index (χ3v) is 5.34. The molecule has 0 saturated carbocycles. The summed E-state index contributed by atoms with van der Waals surface area (Å²) in [4.78, 5) is 12.8. The number of nitrogens with two attached hydrogens (primary N) is 1. The van der Waals surface area contributed by atoms with Crippen LogP contribution in [0.15, 0.2) is 35.8 Å². The molecule has 4 aromatic rings. The lowest BCUT2D eigenvalue weighted by atomic mass is 10.2. The molecule has 3 heterocycles. The fraction of sp³-hybridized carbons (Fsp3) is 0.273. The molecular formula is C22H21F3N6O3S. The summed E-state index contributed by atoms with van der Waals surface area (Å²) in [6.07, 6.45) is -2.91. The van der Waals surface area contributed by atoms with Crippen LogP contribution in [0, 0.1) is 6.92 Å². The first-order valence-electron chi connectivity index (χ1n) is 10.3. The van der Waals surface area contributed by atoms with Crippen LogP contribution in [0.3, 0.4) is 0 Å². The Kier molecular flexibility index (Phi) is 7.05. The van der Waals surface area contributed by atoms with Gasteiger partial charge in [0.15, 0.2) is 11.5 Å². The highest BCUT2D eigenvalue weighted by Gasteiger charge is 2.31. The fourth-order valence-electron chi connectivity index (χ4n) is 3.28. The second-order valence-electron chi connectivity index (χ2n) is 7.32. The average Bonchev–Trinajstić information content (AvgIpc) is 3.32. The van der Waals surface area contributed by atoms with Crippen molar-refractivity contribution >= 4 is 34.1 Å². The van der Waals surface area contributed by atoms with E-state index in [1.807, 2.05) is 0 Å². The minimum Gasteiger partial charge on any atom is -0.493 e. The number of halogens is 3. The largest absolute Gasteiger partial charge is 0.493 e. The second kappa shape index (κ2) is 10.2. The van der Waals surface area contributed by atoms with Crippen molar-refractivity contribution < 1.29 is 27.4 Å². The molecular weight excluding hydrogens is 485 g/mol. The zero-order valence-electron chi connectivity index (χ0n) is 18.7. The molecule has 0 bridgehead atoms. The van der Waals surface area contributed by atoms with Crippen molar-refractivity contribution in [1.82, 2.24) is 19.3 Å². The standard InChI is InChI=1S/C22H21F3N6O3S/c1-12-29-17-8-18(32-2)19(34-4-3-33-15-10-28-35-11-15)7-16(17)21(30-12)27-9-14-5-13(22(23,24)25)6-20(26)31-14/h5-8,10-11H,3-4,9H2,1-2H3,(H2,26,31)(H,27,29,30). The topological polar surface area (TPSA) is 117 Å². The summed E-state index contributed by atoms with van der Waals surface area (Å²) in [6.45, 7) is 2.20. The zero-order valence-corrected chi connectivity index (χ0v) is 19.5. The van der Waals surface area contributed by atoms with Gasteiger partial charge in [0.25, 0.3) is 0 Å². The van der Waals surface area contributed by atoms with Crippen molar-refractivity contribution in [2.24, 2.45) is 0 Å². The second-order valence-corrected chi connectivity index (χ2v) is 7.98. The summed E-state index contributed by atoms with van der Waals surface area (Å²) in [5, 5.41) is 5.41.